The third-order valence-electron chi connectivity index (χ3n) is 1.64. The molecule has 68 valence electrons. The van der Waals surface area contributed by atoms with E-state index in [1.807, 2.05) is 0 Å². The summed E-state index contributed by atoms with van der Waals surface area (Å²) < 4.78 is 1.61. The molecule has 5 heteroatoms. The summed E-state index contributed by atoms with van der Waals surface area (Å²) in [4.78, 5) is 0. The van der Waals surface area contributed by atoms with Crippen molar-refractivity contribution in [3.8, 4) is 0 Å². The first kappa shape index (κ1) is 9.18. The van der Waals surface area contributed by atoms with Crippen LogP contribution in [0.4, 0.5) is 0 Å². The minimum Gasteiger partial charge on any atom is -0.394 e. The van der Waals surface area contributed by atoms with Crippen LogP contribution in [0.15, 0.2) is 18.5 Å². The summed E-state index contributed by atoms with van der Waals surface area (Å²) in [7, 11) is 0. The largest absolute Gasteiger partial charge is 0.394 e. The monoisotopic (exact) mass is 171 g/mol. The second-order valence-electron chi connectivity index (χ2n) is 2.64. The zero-order valence-electron chi connectivity index (χ0n) is 6.67. The van der Waals surface area contributed by atoms with Crippen molar-refractivity contribution >= 4 is 0 Å². The molecule has 1 aromatic rings. The number of nitrogens with two attached hydrogens (primary N) is 1. The van der Waals surface area contributed by atoms with Crippen LogP contribution in [0.3, 0.4) is 0 Å². The number of aliphatic hydroxyl groups excluding tert-OH is 2. The van der Waals surface area contributed by atoms with E-state index in [1.54, 1.807) is 23.1 Å². The van der Waals surface area contributed by atoms with Gasteiger partial charge in [-0.15, -0.1) is 0 Å². The van der Waals surface area contributed by atoms with Crippen molar-refractivity contribution in [1.82, 2.24) is 9.78 Å². The van der Waals surface area contributed by atoms with Gasteiger partial charge in [0.25, 0.3) is 0 Å². The molecule has 2 unspecified atom stereocenters. The average molecular weight is 171 g/mol. The van der Waals surface area contributed by atoms with E-state index >= 15 is 0 Å². The van der Waals surface area contributed by atoms with Gasteiger partial charge in [-0.2, -0.15) is 5.10 Å². The minimum absolute atomic E-state index is 0.317. The van der Waals surface area contributed by atoms with E-state index in [0.717, 1.165) is 0 Å². The van der Waals surface area contributed by atoms with Gasteiger partial charge >= 0.3 is 0 Å². The zero-order chi connectivity index (χ0) is 8.97. The van der Waals surface area contributed by atoms with Crippen molar-refractivity contribution in [3.05, 3.63) is 18.5 Å². The van der Waals surface area contributed by atoms with Crippen LogP contribution in [-0.4, -0.2) is 38.7 Å². The predicted octanol–water partition coefficient (Wildman–Crippen LogP) is -1.44. The maximum atomic E-state index is 9.11. The number of aromatic nitrogens is 2. The van der Waals surface area contributed by atoms with Gasteiger partial charge in [-0.25, -0.2) is 0 Å². The van der Waals surface area contributed by atoms with Crippen LogP contribution in [0.5, 0.6) is 0 Å². The van der Waals surface area contributed by atoms with Crippen molar-refractivity contribution in [3.63, 3.8) is 0 Å². The van der Waals surface area contributed by atoms with Crippen LogP contribution >= 0.6 is 0 Å². The van der Waals surface area contributed by atoms with Gasteiger partial charge in [0.2, 0.25) is 0 Å². The molecule has 1 rings (SSSR count). The molecular formula is C7H13N3O2. The maximum absolute atomic E-state index is 9.11. The first-order valence-corrected chi connectivity index (χ1v) is 3.76. The fraction of sp³-hybridized carbons (Fsp3) is 0.571. The Labute approximate surface area is 70.4 Å². The highest BCUT2D eigenvalue weighted by atomic mass is 16.3. The maximum Gasteiger partial charge on any atom is 0.0939 e. The number of hydrogen-bond donors (Lipinski definition) is 3. The van der Waals surface area contributed by atoms with Gasteiger partial charge in [0.05, 0.1) is 25.3 Å². The SMILES string of the molecule is NC(Cn1cccn1)C(O)CO. The van der Waals surface area contributed by atoms with Crippen molar-refractivity contribution in [2.45, 2.75) is 18.7 Å². The van der Waals surface area contributed by atoms with Crippen LogP contribution in [0.1, 0.15) is 0 Å². The Bertz CT molecular complexity index is 212. The average Bonchev–Trinajstić information content (AvgIpc) is 2.55. The summed E-state index contributed by atoms with van der Waals surface area (Å²) in [6, 6.07) is 1.30. The van der Waals surface area contributed by atoms with Crippen LogP contribution < -0.4 is 5.73 Å². The van der Waals surface area contributed by atoms with Gasteiger partial charge in [0.15, 0.2) is 0 Å². The molecule has 1 heterocycles. The molecule has 0 fully saturated rings. The van der Waals surface area contributed by atoms with E-state index in [1.165, 1.54) is 0 Å². The first-order chi connectivity index (χ1) is 5.74. The molecule has 0 aliphatic heterocycles. The lowest BCUT2D eigenvalue weighted by atomic mass is 10.2. The molecule has 0 aromatic carbocycles. The highest BCUT2D eigenvalue weighted by molar-refractivity contribution is 4.80. The summed E-state index contributed by atoms with van der Waals surface area (Å²) in [6.45, 7) is 0.0944. The fourth-order valence-electron chi connectivity index (χ4n) is 0.882. The summed E-state index contributed by atoms with van der Waals surface area (Å²) >= 11 is 0. The summed E-state index contributed by atoms with van der Waals surface area (Å²) in [6.07, 6.45) is 2.51. The van der Waals surface area contributed by atoms with Crippen LogP contribution in [-0.2, 0) is 6.54 Å². The summed E-state index contributed by atoms with van der Waals surface area (Å²) in [5.74, 6) is 0. The highest BCUT2D eigenvalue weighted by Crippen LogP contribution is 1.93. The number of hydrogen-bond acceptors (Lipinski definition) is 4. The summed E-state index contributed by atoms with van der Waals surface area (Å²) in [5.41, 5.74) is 5.55. The standard InChI is InChI=1S/C7H13N3O2/c8-6(7(12)5-11)4-10-3-1-2-9-10/h1-3,6-7,11-12H,4-5,8H2. The Morgan fingerprint density at radius 1 is 1.58 bits per heavy atom. The predicted molar refractivity (Wildman–Crippen MR) is 43.3 cm³/mol. The molecule has 4 N–H and O–H groups in total. The molecule has 12 heavy (non-hydrogen) atoms. The lowest BCUT2D eigenvalue weighted by Crippen LogP contribution is -2.40. The summed E-state index contributed by atoms with van der Waals surface area (Å²) in [5, 5.41) is 21.6. The number of rotatable bonds is 4. The Hall–Kier alpha value is -0.910. The molecule has 2 atom stereocenters. The molecule has 1 aromatic heterocycles. The van der Waals surface area contributed by atoms with Crippen molar-refractivity contribution < 1.29 is 10.2 Å². The highest BCUT2D eigenvalue weighted by Gasteiger charge is 2.13. The van der Waals surface area contributed by atoms with E-state index in [9.17, 15) is 0 Å². The van der Waals surface area contributed by atoms with E-state index in [0.29, 0.717) is 6.54 Å². The van der Waals surface area contributed by atoms with Gasteiger partial charge in [0.1, 0.15) is 0 Å². The quantitative estimate of drug-likeness (QED) is 0.518. The first-order valence-electron chi connectivity index (χ1n) is 3.76. The topological polar surface area (TPSA) is 84.3 Å². The third-order valence-corrected chi connectivity index (χ3v) is 1.64. The second kappa shape index (κ2) is 4.20. The van der Waals surface area contributed by atoms with Gasteiger partial charge in [-0.1, -0.05) is 0 Å². The molecule has 5 nitrogen and oxygen atoms in total. The van der Waals surface area contributed by atoms with Crippen molar-refractivity contribution in [2.24, 2.45) is 5.73 Å². The van der Waals surface area contributed by atoms with E-state index in [-0.39, 0.29) is 6.61 Å². The fourth-order valence-corrected chi connectivity index (χ4v) is 0.882. The van der Waals surface area contributed by atoms with Gasteiger partial charge in [0, 0.05) is 12.4 Å². The molecule has 0 aliphatic carbocycles. The lowest BCUT2D eigenvalue weighted by Gasteiger charge is -2.15. The van der Waals surface area contributed by atoms with Crippen LogP contribution in [0.2, 0.25) is 0 Å². The molecule has 0 saturated heterocycles. The molecule has 0 amide bonds. The minimum atomic E-state index is -0.880. The Morgan fingerprint density at radius 2 is 2.33 bits per heavy atom. The molecule has 0 radical (unpaired) electrons. The van der Waals surface area contributed by atoms with Crippen LogP contribution in [0.25, 0.3) is 0 Å². The normalized spacial score (nSPS) is 15.9. The lowest BCUT2D eigenvalue weighted by molar-refractivity contribution is 0.0683. The number of aliphatic hydroxyl groups is 2. The van der Waals surface area contributed by atoms with Gasteiger partial charge in [-0.3, -0.25) is 4.68 Å². The third kappa shape index (κ3) is 2.30. The Balaban J connectivity index is 2.41. The Morgan fingerprint density at radius 3 is 2.83 bits per heavy atom. The van der Waals surface area contributed by atoms with E-state index in [2.05, 4.69) is 5.10 Å². The van der Waals surface area contributed by atoms with Crippen molar-refractivity contribution in [2.75, 3.05) is 6.61 Å². The second-order valence-corrected chi connectivity index (χ2v) is 2.64. The van der Waals surface area contributed by atoms with Gasteiger partial charge < -0.3 is 15.9 Å². The Kier molecular flexibility index (Phi) is 3.21. The smallest absolute Gasteiger partial charge is 0.0939 e. The van der Waals surface area contributed by atoms with E-state index in [4.69, 9.17) is 15.9 Å². The molecule has 0 saturated carbocycles. The number of nitrogens with zero attached hydrogens (tertiary/aromatic N) is 2. The molecule has 0 aliphatic rings. The van der Waals surface area contributed by atoms with Gasteiger partial charge in [-0.05, 0) is 6.07 Å². The molecule has 0 bridgehead atoms. The molecular weight excluding hydrogens is 158 g/mol. The molecule has 0 spiro atoms. The van der Waals surface area contributed by atoms with Crippen LogP contribution in [0, 0.1) is 0 Å². The van der Waals surface area contributed by atoms with E-state index < -0.39 is 12.1 Å². The zero-order valence-corrected chi connectivity index (χ0v) is 6.67. The van der Waals surface area contributed by atoms with Crippen molar-refractivity contribution in [1.29, 1.82) is 0 Å².